The molecule has 0 aromatic heterocycles. The fraction of sp³-hybridized carbons (Fsp3) is 0.250. The highest BCUT2D eigenvalue weighted by Gasteiger charge is 2.24. The van der Waals surface area contributed by atoms with Crippen molar-refractivity contribution in [1.29, 1.82) is 0 Å². The first kappa shape index (κ1) is 18.4. The summed E-state index contributed by atoms with van der Waals surface area (Å²) in [5.41, 5.74) is 1.30. The number of ether oxygens (including phenoxy) is 1. The molecule has 1 fully saturated rings. The van der Waals surface area contributed by atoms with Gasteiger partial charge in [0.05, 0.1) is 5.56 Å². The molecule has 0 radical (unpaired) electrons. The number of hydrogen-bond acceptors (Lipinski definition) is 4. The van der Waals surface area contributed by atoms with Crippen molar-refractivity contribution in [2.24, 2.45) is 0 Å². The lowest BCUT2D eigenvalue weighted by atomic mass is 10.1. The third-order valence-electron chi connectivity index (χ3n) is 3.95. The van der Waals surface area contributed by atoms with Crippen LogP contribution in [0.15, 0.2) is 54.6 Å². The molecule has 2 aromatic carbocycles. The van der Waals surface area contributed by atoms with Gasteiger partial charge in [-0.3, -0.25) is 14.9 Å². The second-order valence-corrected chi connectivity index (χ2v) is 6.25. The van der Waals surface area contributed by atoms with E-state index in [1.54, 1.807) is 24.3 Å². The van der Waals surface area contributed by atoms with E-state index in [4.69, 9.17) is 4.74 Å². The number of nitrogens with one attached hydrogen (secondary N) is 3. The van der Waals surface area contributed by atoms with E-state index >= 15 is 0 Å². The molecule has 0 bridgehead atoms. The van der Waals surface area contributed by atoms with Crippen LogP contribution in [0.4, 0.5) is 4.79 Å². The first-order valence-electron chi connectivity index (χ1n) is 8.76. The lowest BCUT2D eigenvalue weighted by Gasteiger charge is -2.12. The fourth-order valence-corrected chi connectivity index (χ4v) is 2.41. The second kappa shape index (κ2) is 8.84. The highest BCUT2D eigenvalue weighted by atomic mass is 16.5. The van der Waals surface area contributed by atoms with Gasteiger partial charge in [-0.25, -0.2) is 4.79 Å². The first-order chi connectivity index (χ1) is 13.1. The Bertz CT molecular complexity index is 819. The summed E-state index contributed by atoms with van der Waals surface area (Å²) in [4.78, 5) is 35.8. The molecule has 0 aliphatic heterocycles. The molecule has 1 aliphatic carbocycles. The predicted octanol–water partition coefficient (Wildman–Crippen LogP) is 1.98. The van der Waals surface area contributed by atoms with Crippen LogP contribution in [0, 0.1) is 0 Å². The third kappa shape index (κ3) is 5.85. The van der Waals surface area contributed by atoms with Crippen molar-refractivity contribution in [3.63, 3.8) is 0 Å². The van der Waals surface area contributed by atoms with Crippen molar-refractivity contribution in [2.75, 3.05) is 6.61 Å². The van der Waals surface area contributed by atoms with Gasteiger partial charge in [-0.2, -0.15) is 0 Å². The lowest BCUT2D eigenvalue weighted by Crippen LogP contribution is -2.42. The van der Waals surface area contributed by atoms with Crippen LogP contribution in [0.2, 0.25) is 0 Å². The Balaban J connectivity index is 1.52. The van der Waals surface area contributed by atoms with Crippen molar-refractivity contribution >= 4 is 17.8 Å². The summed E-state index contributed by atoms with van der Waals surface area (Å²) in [6.07, 6.45) is 1.87. The highest BCUT2D eigenvalue weighted by molar-refractivity contribution is 5.97. The highest BCUT2D eigenvalue weighted by Crippen LogP contribution is 2.19. The van der Waals surface area contributed by atoms with Gasteiger partial charge in [-0.15, -0.1) is 0 Å². The molecule has 4 amide bonds. The van der Waals surface area contributed by atoms with Gasteiger partial charge in [0.2, 0.25) is 0 Å². The predicted molar refractivity (Wildman–Crippen MR) is 99.2 cm³/mol. The number of carbonyl (C=O) groups excluding carboxylic acids is 3. The Labute approximate surface area is 157 Å². The summed E-state index contributed by atoms with van der Waals surface area (Å²) in [6.45, 7) is 0.0247. The summed E-state index contributed by atoms with van der Waals surface area (Å²) < 4.78 is 5.44. The van der Waals surface area contributed by atoms with Crippen molar-refractivity contribution in [3.05, 3.63) is 65.7 Å². The normalized spacial score (nSPS) is 12.7. The number of amides is 4. The second-order valence-electron chi connectivity index (χ2n) is 6.25. The number of para-hydroxylation sites is 1. The number of imide groups is 1. The molecule has 0 atom stereocenters. The minimum Gasteiger partial charge on any atom is -0.483 e. The minimum atomic E-state index is -0.576. The monoisotopic (exact) mass is 367 g/mol. The van der Waals surface area contributed by atoms with Crippen molar-refractivity contribution in [2.45, 2.75) is 25.4 Å². The van der Waals surface area contributed by atoms with Crippen molar-refractivity contribution < 1.29 is 19.1 Å². The number of benzene rings is 2. The van der Waals surface area contributed by atoms with E-state index in [0.717, 1.165) is 18.4 Å². The van der Waals surface area contributed by atoms with E-state index in [1.807, 2.05) is 30.3 Å². The van der Waals surface area contributed by atoms with E-state index in [0.29, 0.717) is 12.1 Å². The molecule has 3 rings (SSSR count). The molecule has 7 nitrogen and oxygen atoms in total. The first-order valence-corrected chi connectivity index (χ1v) is 8.76. The van der Waals surface area contributed by atoms with Crippen molar-refractivity contribution in [3.8, 4) is 5.75 Å². The molecule has 7 heteroatoms. The van der Waals surface area contributed by atoms with E-state index in [-0.39, 0.29) is 24.3 Å². The van der Waals surface area contributed by atoms with Crippen LogP contribution >= 0.6 is 0 Å². The minimum absolute atomic E-state index is 0.160. The largest absolute Gasteiger partial charge is 0.483 e. The van der Waals surface area contributed by atoms with Gasteiger partial charge in [-0.1, -0.05) is 42.5 Å². The molecule has 140 valence electrons. The maximum atomic E-state index is 12.4. The maximum Gasteiger partial charge on any atom is 0.321 e. The summed E-state index contributed by atoms with van der Waals surface area (Å²) >= 11 is 0. The van der Waals surface area contributed by atoms with Gasteiger partial charge < -0.3 is 15.4 Å². The molecular weight excluding hydrogens is 346 g/mol. The summed E-state index contributed by atoms with van der Waals surface area (Å²) in [7, 11) is 0. The zero-order valence-electron chi connectivity index (χ0n) is 14.7. The molecule has 0 saturated heterocycles. The van der Waals surface area contributed by atoms with Crippen LogP contribution in [-0.4, -0.2) is 30.5 Å². The van der Waals surface area contributed by atoms with Crippen LogP contribution in [0.3, 0.4) is 0 Å². The topological polar surface area (TPSA) is 96.5 Å². The van der Waals surface area contributed by atoms with Gasteiger partial charge in [0.1, 0.15) is 5.75 Å². The molecule has 0 spiro atoms. The number of hydrogen-bond donors (Lipinski definition) is 3. The zero-order chi connectivity index (χ0) is 19.1. The third-order valence-corrected chi connectivity index (χ3v) is 3.95. The number of rotatable bonds is 7. The molecule has 1 saturated carbocycles. The van der Waals surface area contributed by atoms with E-state index in [9.17, 15) is 14.4 Å². The number of carbonyl (C=O) groups is 3. The molecule has 3 N–H and O–H groups in total. The van der Waals surface area contributed by atoms with E-state index < -0.39 is 11.9 Å². The Morgan fingerprint density at radius 2 is 1.67 bits per heavy atom. The Morgan fingerprint density at radius 3 is 2.41 bits per heavy atom. The van der Waals surface area contributed by atoms with E-state index in [2.05, 4.69) is 16.0 Å². The van der Waals surface area contributed by atoms with Gasteiger partial charge in [0.25, 0.3) is 11.8 Å². The maximum absolute atomic E-state index is 12.4. The fourth-order valence-electron chi connectivity index (χ4n) is 2.41. The average molecular weight is 367 g/mol. The molecule has 0 heterocycles. The van der Waals surface area contributed by atoms with Gasteiger partial charge in [-0.05, 0) is 30.5 Å². The average Bonchev–Trinajstić information content (AvgIpc) is 3.49. The van der Waals surface area contributed by atoms with Gasteiger partial charge >= 0.3 is 6.03 Å². The summed E-state index contributed by atoms with van der Waals surface area (Å²) in [5.74, 6) is -0.602. The summed E-state index contributed by atoms with van der Waals surface area (Å²) in [5, 5.41) is 7.68. The lowest BCUT2D eigenvalue weighted by molar-refractivity contribution is -0.122. The van der Waals surface area contributed by atoms with Crippen LogP contribution in [0.1, 0.15) is 28.8 Å². The van der Waals surface area contributed by atoms with Gasteiger partial charge in [0, 0.05) is 12.6 Å². The van der Waals surface area contributed by atoms with E-state index in [1.165, 1.54) is 0 Å². The molecular formula is C20H21N3O4. The Morgan fingerprint density at radius 1 is 0.963 bits per heavy atom. The Kier molecular flexibility index (Phi) is 6.04. The summed E-state index contributed by atoms with van der Waals surface area (Å²) in [6, 6.07) is 15.8. The van der Waals surface area contributed by atoms with Crippen LogP contribution < -0.4 is 20.7 Å². The van der Waals surface area contributed by atoms with Crippen LogP contribution in [0.5, 0.6) is 5.75 Å². The number of urea groups is 1. The molecule has 27 heavy (non-hydrogen) atoms. The van der Waals surface area contributed by atoms with Gasteiger partial charge in [0.15, 0.2) is 6.61 Å². The molecule has 1 aliphatic rings. The SMILES string of the molecule is O=C(COc1ccccc1C(=O)NCc1ccccc1)NC(=O)NC1CC1. The smallest absolute Gasteiger partial charge is 0.321 e. The zero-order valence-corrected chi connectivity index (χ0v) is 14.7. The molecule has 2 aromatic rings. The van der Waals surface area contributed by atoms with Crippen LogP contribution in [0.25, 0.3) is 0 Å². The van der Waals surface area contributed by atoms with Crippen LogP contribution in [-0.2, 0) is 11.3 Å². The van der Waals surface area contributed by atoms with Crippen molar-refractivity contribution in [1.82, 2.24) is 16.0 Å². The quantitative estimate of drug-likeness (QED) is 0.697. The standard InChI is InChI=1S/C20H21N3O4/c24-18(23-20(26)22-15-10-11-15)13-27-17-9-5-4-8-16(17)19(25)21-12-14-6-2-1-3-7-14/h1-9,15H,10-13H2,(H,21,25)(H2,22,23,24,26). The molecule has 0 unspecified atom stereocenters. The Hall–Kier alpha value is -3.35.